The van der Waals surface area contributed by atoms with Gasteiger partial charge in [0.05, 0.1) is 31.0 Å². The molecule has 0 amide bonds. The molecule has 2 unspecified atom stereocenters. The summed E-state index contributed by atoms with van der Waals surface area (Å²) in [6.07, 6.45) is 1.91. The molecule has 0 rings (SSSR count). The maximum atomic E-state index is 10.7. The maximum Gasteiger partial charge on any atom is 0.469 e. The van der Waals surface area contributed by atoms with Gasteiger partial charge in [-0.15, -0.1) is 0 Å². The van der Waals surface area contributed by atoms with E-state index in [0.717, 1.165) is 19.3 Å². The summed E-state index contributed by atoms with van der Waals surface area (Å²) in [7, 11) is -3.05. The lowest BCUT2D eigenvalue weighted by Crippen LogP contribution is -2.36. The van der Waals surface area contributed by atoms with E-state index >= 15 is 0 Å². The van der Waals surface area contributed by atoms with Gasteiger partial charge in [-0.05, 0) is 40.0 Å². The van der Waals surface area contributed by atoms with Crippen molar-refractivity contribution >= 4 is 7.82 Å². The lowest BCUT2D eigenvalue weighted by atomic mass is 9.99. The third-order valence-corrected chi connectivity index (χ3v) is 4.59. The van der Waals surface area contributed by atoms with E-state index in [1.54, 1.807) is 0 Å². The van der Waals surface area contributed by atoms with Crippen molar-refractivity contribution in [1.82, 2.24) is 0 Å². The molecule has 8 heteroatoms. The van der Waals surface area contributed by atoms with Gasteiger partial charge in [-0.25, -0.2) is 4.57 Å². The van der Waals surface area contributed by atoms with Gasteiger partial charge in [0.1, 0.15) is 6.10 Å². The Morgan fingerprint density at radius 2 is 1.65 bits per heavy atom. The molecule has 0 aliphatic carbocycles. The molecular weight excluding hydrogens is 323 g/mol. The predicted molar refractivity (Wildman–Crippen MR) is 88.4 cm³/mol. The van der Waals surface area contributed by atoms with Crippen LogP contribution in [0.5, 0.6) is 0 Å². The summed E-state index contributed by atoms with van der Waals surface area (Å²) in [5, 5.41) is 0. The normalized spacial score (nSPS) is 17.0. The fraction of sp³-hybridized carbons (Fsp3) is 1.00. The highest BCUT2D eigenvalue weighted by Gasteiger charge is 2.27. The second-order valence-corrected chi connectivity index (χ2v) is 7.71. The highest BCUT2D eigenvalue weighted by atomic mass is 31.2. The topological polar surface area (TPSA) is 94.5 Å². The summed E-state index contributed by atoms with van der Waals surface area (Å²) in [4.78, 5) is 17.5. The number of rotatable bonds is 13. The first-order chi connectivity index (χ1) is 10.5. The summed E-state index contributed by atoms with van der Waals surface area (Å²) in [6, 6.07) is 0. The first kappa shape index (κ1) is 23.0. The number of phosphoric ester groups is 1. The lowest BCUT2D eigenvalue weighted by molar-refractivity contribution is -0.112. The minimum Gasteiger partial charge on any atom is -0.377 e. The van der Waals surface area contributed by atoms with Crippen molar-refractivity contribution in [3.8, 4) is 0 Å². The molecule has 0 saturated heterocycles. The zero-order valence-corrected chi connectivity index (χ0v) is 16.1. The largest absolute Gasteiger partial charge is 0.469 e. The molecule has 0 bridgehead atoms. The van der Waals surface area contributed by atoms with Crippen LogP contribution in [0.2, 0.25) is 0 Å². The first-order valence-electron chi connectivity index (χ1n) is 7.97. The zero-order valence-electron chi connectivity index (χ0n) is 15.2. The van der Waals surface area contributed by atoms with Gasteiger partial charge < -0.3 is 24.0 Å². The Bertz CT molecular complexity index is 369. The standard InChI is InChI=1S/C15H33O7P/c1-7-14(3,4)20-10-9-15(5,8-2)21-11-13(19-6)12-22-23(16,17)18/h13H,7-12H2,1-6H3,(H2,16,17,18). The Labute approximate surface area is 139 Å². The van der Waals surface area contributed by atoms with Crippen molar-refractivity contribution in [2.45, 2.75) is 71.2 Å². The van der Waals surface area contributed by atoms with Crippen molar-refractivity contribution in [1.29, 1.82) is 0 Å². The summed E-state index contributed by atoms with van der Waals surface area (Å²) in [5.41, 5.74) is -0.538. The van der Waals surface area contributed by atoms with E-state index in [4.69, 9.17) is 24.0 Å². The lowest BCUT2D eigenvalue weighted by Gasteiger charge is -2.32. The summed E-state index contributed by atoms with van der Waals surface area (Å²) < 4.78 is 32.1. The Hall–Kier alpha value is -0.0100. The van der Waals surface area contributed by atoms with Crippen LogP contribution in [0.25, 0.3) is 0 Å². The molecule has 0 saturated carbocycles. The van der Waals surface area contributed by atoms with Gasteiger partial charge >= 0.3 is 7.82 Å². The average Bonchev–Trinajstić information content (AvgIpc) is 2.46. The predicted octanol–water partition coefficient (Wildman–Crippen LogP) is 2.89. The van der Waals surface area contributed by atoms with Crippen LogP contribution in [0.3, 0.4) is 0 Å². The van der Waals surface area contributed by atoms with Gasteiger partial charge in [-0.2, -0.15) is 0 Å². The molecule has 2 N–H and O–H groups in total. The Morgan fingerprint density at radius 3 is 2.09 bits per heavy atom. The minimum atomic E-state index is -4.50. The smallest absolute Gasteiger partial charge is 0.377 e. The zero-order chi connectivity index (χ0) is 18.1. The first-order valence-corrected chi connectivity index (χ1v) is 9.51. The fourth-order valence-electron chi connectivity index (χ4n) is 1.65. The second kappa shape index (κ2) is 10.1. The molecule has 0 radical (unpaired) electrons. The molecule has 0 spiro atoms. The molecule has 0 aromatic heterocycles. The number of methoxy groups -OCH3 is 1. The summed E-state index contributed by atoms with van der Waals surface area (Å²) >= 11 is 0. The SMILES string of the molecule is CCC(C)(C)OCCC(C)(CC)OCC(COP(=O)(O)O)OC. The van der Waals surface area contributed by atoms with Gasteiger partial charge in [0.2, 0.25) is 0 Å². The molecule has 7 nitrogen and oxygen atoms in total. The van der Waals surface area contributed by atoms with Crippen LogP contribution < -0.4 is 0 Å². The van der Waals surface area contributed by atoms with Crippen LogP contribution in [-0.4, -0.2) is 54.0 Å². The molecule has 0 aliphatic rings. The summed E-state index contributed by atoms with van der Waals surface area (Å²) in [6.45, 7) is 10.8. The molecule has 0 aromatic carbocycles. The Kier molecular flexibility index (Phi) is 10.1. The fourth-order valence-corrected chi connectivity index (χ4v) is 2.02. The molecule has 140 valence electrons. The summed E-state index contributed by atoms with van der Waals surface area (Å²) in [5.74, 6) is 0. The van der Waals surface area contributed by atoms with E-state index in [1.165, 1.54) is 7.11 Å². The van der Waals surface area contributed by atoms with Gasteiger partial charge in [0, 0.05) is 7.11 Å². The van der Waals surface area contributed by atoms with Crippen LogP contribution in [0.4, 0.5) is 0 Å². The average molecular weight is 356 g/mol. The van der Waals surface area contributed by atoms with Crippen molar-refractivity contribution in [2.75, 3.05) is 26.9 Å². The quantitative estimate of drug-likeness (QED) is 0.490. The van der Waals surface area contributed by atoms with E-state index in [1.807, 2.05) is 13.8 Å². The molecule has 23 heavy (non-hydrogen) atoms. The van der Waals surface area contributed by atoms with Crippen LogP contribution in [0.15, 0.2) is 0 Å². The van der Waals surface area contributed by atoms with Crippen molar-refractivity contribution < 1.29 is 33.1 Å². The number of ether oxygens (including phenoxy) is 3. The highest BCUT2D eigenvalue weighted by Crippen LogP contribution is 2.36. The van der Waals surface area contributed by atoms with Gasteiger partial charge in [0.15, 0.2) is 0 Å². The van der Waals surface area contributed by atoms with E-state index in [0.29, 0.717) is 6.61 Å². The monoisotopic (exact) mass is 356 g/mol. The highest BCUT2D eigenvalue weighted by molar-refractivity contribution is 7.46. The van der Waals surface area contributed by atoms with E-state index in [-0.39, 0.29) is 24.4 Å². The van der Waals surface area contributed by atoms with Crippen LogP contribution in [0.1, 0.15) is 53.9 Å². The van der Waals surface area contributed by atoms with Crippen LogP contribution in [0, 0.1) is 0 Å². The molecule has 0 heterocycles. The number of hydrogen-bond donors (Lipinski definition) is 2. The van der Waals surface area contributed by atoms with E-state index < -0.39 is 13.9 Å². The van der Waals surface area contributed by atoms with E-state index in [9.17, 15) is 4.57 Å². The molecule has 0 aromatic rings. The second-order valence-electron chi connectivity index (χ2n) is 6.47. The molecule has 0 fully saturated rings. The molecule has 0 aliphatic heterocycles. The van der Waals surface area contributed by atoms with E-state index in [2.05, 4.69) is 25.3 Å². The maximum absolute atomic E-state index is 10.7. The number of phosphoric acid groups is 1. The van der Waals surface area contributed by atoms with Crippen LogP contribution in [-0.2, 0) is 23.3 Å². The van der Waals surface area contributed by atoms with Gasteiger partial charge in [0.25, 0.3) is 0 Å². The van der Waals surface area contributed by atoms with Gasteiger partial charge in [-0.3, -0.25) is 4.52 Å². The minimum absolute atomic E-state index is 0.152. The van der Waals surface area contributed by atoms with Crippen molar-refractivity contribution in [3.63, 3.8) is 0 Å². The van der Waals surface area contributed by atoms with Crippen LogP contribution >= 0.6 is 7.82 Å². The Balaban J connectivity index is 4.34. The third kappa shape index (κ3) is 11.2. The van der Waals surface area contributed by atoms with Gasteiger partial charge in [-0.1, -0.05) is 13.8 Å². The van der Waals surface area contributed by atoms with Crippen molar-refractivity contribution in [3.05, 3.63) is 0 Å². The Morgan fingerprint density at radius 1 is 1.04 bits per heavy atom. The third-order valence-electron chi connectivity index (χ3n) is 4.10. The van der Waals surface area contributed by atoms with Crippen molar-refractivity contribution in [2.24, 2.45) is 0 Å². The molecule has 2 atom stereocenters. The number of hydrogen-bond acceptors (Lipinski definition) is 5. The molecular formula is C15H33O7P.